The van der Waals surface area contributed by atoms with Crippen LogP contribution in [0.15, 0.2) is 67.0 Å². The maximum atomic E-state index is 12.5. The molecule has 0 radical (unpaired) electrons. The standard InChI is InChI=1S/C24H29N5O3/c1-31-22-8-6-20(7-9-22)23(28-12-14-32-15-13-28)18-26-24(30)25-17-19-4-2-5-21(16-19)29-11-3-10-27-29/h2-11,16,23H,12-15,17-18H2,1H3,(H2,25,26,30). The van der Waals surface area contributed by atoms with Gasteiger partial charge in [0.05, 0.1) is 32.1 Å². The number of methoxy groups -OCH3 is 1. The van der Waals surface area contributed by atoms with Crippen LogP contribution < -0.4 is 15.4 Å². The van der Waals surface area contributed by atoms with Crippen molar-refractivity contribution in [2.45, 2.75) is 12.6 Å². The second-order valence-corrected chi connectivity index (χ2v) is 7.62. The summed E-state index contributed by atoms with van der Waals surface area (Å²) in [5.41, 5.74) is 3.11. The molecule has 1 atom stereocenters. The summed E-state index contributed by atoms with van der Waals surface area (Å²) < 4.78 is 12.6. The summed E-state index contributed by atoms with van der Waals surface area (Å²) >= 11 is 0. The monoisotopic (exact) mass is 435 g/mol. The summed E-state index contributed by atoms with van der Waals surface area (Å²) in [6.07, 6.45) is 3.64. The quantitative estimate of drug-likeness (QED) is 0.569. The molecule has 2 heterocycles. The van der Waals surface area contributed by atoms with E-state index in [9.17, 15) is 4.79 Å². The second kappa shape index (κ2) is 10.8. The lowest BCUT2D eigenvalue weighted by atomic mass is 10.0. The van der Waals surface area contributed by atoms with Gasteiger partial charge in [0.15, 0.2) is 0 Å². The molecule has 2 aromatic carbocycles. The molecule has 0 saturated carbocycles. The highest BCUT2D eigenvalue weighted by Crippen LogP contribution is 2.23. The van der Waals surface area contributed by atoms with E-state index in [1.165, 1.54) is 0 Å². The van der Waals surface area contributed by atoms with Gasteiger partial charge in [-0.2, -0.15) is 5.10 Å². The van der Waals surface area contributed by atoms with Crippen LogP contribution in [0, 0.1) is 0 Å². The van der Waals surface area contributed by atoms with E-state index >= 15 is 0 Å². The van der Waals surface area contributed by atoms with E-state index in [-0.39, 0.29) is 12.1 Å². The Morgan fingerprint density at radius 2 is 1.94 bits per heavy atom. The van der Waals surface area contributed by atoms with Crippen molar-refractivity contribution < 1.29 is 14.3 Å². The van der Waals surface area contributed by atoms with Crippen molar-refractivity contribution in [3.05, 3.63) is 78.1 Å². The number of nitrogens with zero attached hydrogens (tertiary/aromatic N) is 3. The van der Waals surface area contributed by atoms with Gasteiger partial charge in [-0.15, -0.1) is 0 Å². The number of rotatable bonds is 8. The van der Waals surface area contributed by atoms with E-state index in [2.05, 4.69) is 32.8 Å². The minimum Gasteiger partial charge on any atom is -0.497 e. The Bertz CT molecular complexity index is 985. The van der Waals surface area contributed by atoms with Crippen LogP contribution in [0.1, 0.15) is 17.2 Å². The Morgan fingerprint density at radius 3 is 2.66 bits per heavy atom. The lowest BCUT2D eigenvalue weighted by Crippen LogP contribution is -2.45. The molecule has 1 unspecified atom stereocenters. The smallest absolute Gasteiger partial charge is 0.315 e. The Balaban J connectivity index is 1.35. The van der Waals surface area contributed by atoms with E-state index in [4.69, 9.17) is 9.47 Å². The molecule has 1 aliphatic heterocycles. The lowest BCUT2D eigenvalue weighted by molar-refractivity contribution is 0.0167. The number of ether oxygens (including phenoxy) is 2. The average molecular weight is 436 g/mol. The van der Waals surface area contributed by atoms with Gasteiger partial charge in [0.25, 0.3) is 0 Å². The minimum atomic E-state index is -0.193. The molecule has 2 amide bonds. The molecule has 0 bridgehead atoms. The highest BCUT2D eigenvalue weighted by atomic mass is 16.5. The zero-order valence-corrected chi connectivity index (χ0v) is 18.2. The number of benzene rings is 2. The number of morpholine rings is 1. The van der Waals surface area contributed by atoms with Crippen LogP contribution >= 0.6 is 0 Å². The van der Waals surface area contributed by atoms with Crippen LogP contribution in [0.2, 0.25) is 0 Å². The molecule has 32 heavy (non-hydrogen) atoms. The van der Waals surface area contributed by atoms with Crippen molar-refractivity contribution in [1.82, 2.24) is 25.3 Å². The van der Waals surface area contributed by atoms with Gasteiger partial charge in [0, 0.05) is 38.6 Å². The summed E-state index contributed by atoms with van der Waals surface area (Å²) in [6.45, 7) is 4.01. The minimum absolute atomic E-state index is 0.0682. The molecule has 8 heteroatoms. The van der Waals surface area contributed by atoms with Crippen molar-refractivity contribution in [2.75, 3.05) is 40.0 Å². The third-order valence-corrected chi connectivity index (χ3v) is 5.58. The lowest BCUT2D eigenvalue weighted by Gasteiger charge is -2.35. The van der Waals surface area contributed by atoms with Crippen molar-refractivity contribution >= 4 is 6.03 Å². The fourth-order valence-corrected chi connectivity index (χ4v) is 3.84. The van der Waals surface area contributed by atoms with E-state index in [0.717, 1.165) is 35.7 Å². The van der Waals surface area contributed by atoms with Crippen LogP contribution in [0.3, 0.4) is 0 Å². The molecule has 168 valence electrons. The number of hydrogen-bond donors (Lipinski definition) is 2. The van der Waals surface area contributed by atoms with Crippen LogP contribution in [-0.4, -0.2) is 60.7 Å². The number of carbonyl (C=O) groups is 1. The Morgan fingerprint density at radius 1 is 1.12 bits per heavy atom. The Hall–Kier alpha value is -3.36. The molecule has 1 aromatic heterocycles. The Kier molecular flexibility index (Phi) is 7.37. The van der Waals surface area contributed by atoms with Gasteiger partial charge in [-0.05, 0) is 41.5 Å². The summed E-state index contributed by atoms with van der Waals surface area (Å²) in [6, 6.07) is 17.7. The Labute approximate surface area is 188 Å². The van der Waals surface area contributed by atoms with Gasteiger partial charge in [-0.25, -0.2) is 9.48 Å². The molecule has 1 aliphatic rings. The van der Waals surface area contributed by atoms with Gasteiger partial charge in [0.1, 0.15) is 5.75 Å². The molecule has 1 saturated heterocycles. The van der Waals surface area contributed by atoms with Crippen molar-refractivity contribution in [3.8, 4) is 11.4 Å². The third kappa shape index (κ3) is 5.66. The van der Waals surface area contributed by atoms with Crippen molar-refractivity contribution in [2.24, 2.45) is 0 Å². The van der Waals surface area contributed by atoms with Crippen LogP contribution in [0.5, 0.6) is 5.75 Å². The topological polar surface area (TPSA) is 80.7 Å². The predicted molar refractivity (Wildman–Crippen MR) is 122 cm³/mol. The van der Waals surface area contributed by atoms with Gasteiger partial charge in [-0.1, -0.05) is 24.3 Å². The van der Waals surface area contributed by atoms with Crippen LogP contribution in [0.4, 0.5) is 4.79 Å². The first-order chi connectivity index (χ1) is 15.7. The van der Waals surface area contributed by atoms with Gasteiger partial charge in [0.2, 0.25) is 0 Å². The fourth-order valence-electron chi connectivity index (χ4n) is 3.84. The highest BCUT2D eigenvalue weighted by molar-refractivity contribution is 5.73. The van der Waals surface area contributed by atoms with Crippen LogP contribution in [-0.2, 0) is 11.3 Å². The number of urea groups is 1. The molecule has 0 spiro atoms. The molecule has 3 aromatic rings. The largest absolute Gasteiger partial charge is 0.497 e. The summed E-state index contributed by atoms with van der Waals surface area (Å²) in [5.74, 6) is 0.817. The van der Waals surface area contributed by atoms with E-state index < -0.39 is 0 Å². The molecular formula is C24H29N5O3. The number of amides is 2. The molecule has 0 aliphatic carbocycles. The van der Waals surface area contributed by atoms with E-state index in [1.54, 1.807) is 18.0 Å². The summed E-state index contributed by atoms with van der Waals surface area (Å²) in [4.78, 5) is 14.9. The SMILES string of the molecule is COc1ccc(C(CNC(=O)NCc2cccc(-n3cccn3)c2)N2CCOCC2)cc1. The molecular weight excluding hydrogens is 406 g/mol. The summed E-state index contributed by atoms with van der Waals surface area (Å²) in [7, 11) is 1.66. The second-order valence-electron chi connectivity index (χ2n) is 7.62. The highest BCUT2D eigenvalue weighted by Gasteiger charge is 2.23. The molecule has 2 N–H and O–H groups in total. The normalized spacial score (nSPS) is 15.2. The van der Waals surface area contributed by atoms with Crippen molar-refractivity contribution in [3.63, 3.8) is 0 Å². The molecule has 1 fully saturated rings. The maximum Gasteiger partial charge on any atom is 0.315 e. The average Bonchev–Trinajstić information content (AvgIpc) is 3.39. The van der Waals surface area contributed by atoms with E-state index in [1.807, 2.05) is 48.7 Å². The number of hydrogen-bond acceptors (Lipinski definition) is 5. The summed E-state index contributed by atoms with van der Waals surface area (Å²) in [5, 5.41) is 10.2. The third-order valence-electron chi connectivity index (χ3n) is 5.58. The first-order valence-corrected chi connectivity index (χ1v) is 10.8. The van der Waals surface area contributed by atoms with E-state index in [0.29, 0.717) is 26.3 Å². The van der Waals surface area contributed by atoms with Gasteiger partial charge >= 0.3 is 6.03 Å². The van der Waals surface area contributed by atoms with Crippen molar-refractivity contribution in [1.29, 1.82) is 0 Å². The number of aromatic nitrogens is 2. The first kappa shape index (κ1) is 21.9. The zero-order valence-electron chi connectivity index (χ0n) is 18.2. The maximum absolute atomic E-state index is 12.5. The van der Waals surface area contributed by atoms with Gasteiger partial charge < -0.3 is 20.1 Å². The molecule has 8 nitrogen and oxygen atoms in total. The molecule has 4 rings (SSSR count). The number of nitrogens with one attached hydrogen (secondary N) is 2. The fraction of sp³-hybridized carbons (Fsp3) is 0.333. The number of carbonyl (C=O) groups excluding carboxylic acids is 1. The predicted octanol–water partition coefficient (Wildman–Crippen LogP) is 2.75. The van der Waals surface area contributed by atoms with Gasteiger partial charge in [-0.3, -0.25) is 4.90 Å². The zero-order chi connectivity index (χ0) is 22.2. The van der Waals surface area contributed by atoms with Crippen LogP contribution in [0.25, 0.3) is 5.69 Å². The first-order valence-electron chi connectivity index (χ1n) is 10.8.